The molecule has 1 rings (SSSR count). The van der Waals surface area contributed by atoms with Gasteiger partial charge in [-0.15, -0.1) is 0 Å². The average Bonchev–Trinajstić information content (AvgIpc) is 2.25. The summed E-state index contributed by atoms with van der Waals surface area (Å²) in [5, 5.41) is 0. The van der Waals surface area contributed by atoms with Crippen molar-refractivity contribution in [3.63, 3.8) is 0 Å². The number of nitrogens with two attached hydrogens (primary N) is 1. The molecular formula is C14H30N2. The minimum Gasteiger partial charge on any atom is -0.329 e. The summed E-state index contributed by atoms with van der Waals surface area (Å²) >= 11 is 0. The van der Waals surface area contributed by atoms with Gasteiger partial charge in [-0.3, -0.25) is 4.90 Å². The quantitative estimate of drug-likeness (QED) is 0.612. The second-order valence-corrected chi connectivity index (χ2v) is 5.27. The molecule has 0 bridgehead atoms. The van der Waals surface area contributed by atoms with Crippen LogP contribution in [0.4, 0.5) is 0 Å². The highest BCUT2D eigenvalue weighted by Gasteiger charge is 2.23. The summed E-state index contributed by atoms with van der Waals surface area (Å²) in [5.41, 5.74) is 5.92. The molecule has 1 aliphatic carbocycles. The molecule has 0 aliphatic heterocycles. The molecule has 0 amide bonds. The maximum Gasteiger partial charge on any atom is 0.0218 e. The fraction of sp³-hybridized carbons (Fsp3) is 1.00. The van der Waals surface area contributed by atoms with Gasteiger partial charge in [0.15, 0.2) is 0 Å². The van der Waals surface area contributed by atoms with Crippen molar-refractivity contribution < 1.29 is 0 Å². The third-order valence-electron chi connectivity index (χ3n) is 4.05. The van der Waals surface area contributed by atoms with Crippen LogP contribution >= 0.6 is 0 Å². The summed E-state index contributed by atoms with van der Waals surface area (Å²) in [5.74, 6) is 0.972. The number of unbranched alkanes of at least 4 members (excludes halogenated alkanes) is 2. The fourth-order valence-corrected chi connectivity index (χ4v) is 2.62. The Bertz CT molecular complexity index is 166. The van der Waals surface area contributed by atoms with Gasteiger partial charge in [0.05, 0.1) is 0 Å². The van der Waals surface area contributed by atoms with Gasteiger partial charge >= 0.3 is 0 Å². The smallest absolute Gasteiger partial charge is 0.0218 e. The Kier molecular flexibility index (Phi) is 7.06. The van der Waals surface area contributed by atoms with E-state index in [2.05, 4.69) is 18.7 Å². The van der Waals surface area contributed by atoms with Crippen LogP contribution in [0.3, 0.4) is 0 Å². The lowest BCUT2D eigenvalue weighted by atomic mass is 9.84. The van der Waals surface area contributed by atoms with Crippen molar-refractivity contribution in [3.8, 4) is 0 Å². The summed E-state index contributed by atoms with van der Waals surface area (Å²) in [6.45, 7) is 7.85. The van der Waals surface area contributed by atoms with Crippen LogP contribution in [0.25, 0.3) is 0 Å². The van der Waals surface area contributed by atoms with Crippen LogP contribution in [0.5, 0.6) is 0 Å². The predicted molar refractivity (Wildman–Crippen MR) is 71.6 cm³/mol. The standard InChI is InChI=1S/C14H30N2/c1-3-5-6-10-14(11-15)16(4-2)12-13-8-7-9-13/h13-14H,3-12,15H2,1-2H3. The van der Waals surface area contributed by atoms with E-state index < -0.39 is 0 Å². The summed E-state index contributed by atoms with van der Waals surface area (Å²) < 4.78 is 0. The first kappa shape index (κ1) is 14.0. The largest absolute Gasteiger partial charge is 0.329 e. The highest BCUT2D eigenvalue weighted by Crippen LogP contribution is 2.28. The van der Waals surface area contributed by atoms with Gasteiger partial charge in [0.1, 0.15) is 0 Å². The first-order chi connectivity index (χ1) is 7.81. The average molecular weight is 226 g/mol. The van der Waals surface area contributed by atoms with Gasteiger partial charge in [-0.05, 0) is 31.7 Å². The Morgan fingerprint density at radius 1 is 1.25 bits per heavy atom. The lowest BCUT2D eigenvalue weighted by molar-refractivity contribution is 0.134. The predicted octanol–water partition coefficient (Wildman–Crippen LogP) is 3.02. The van der Waals surface area contributed by atoms with Crippen molar-refractivity contribution >= 4 is 0 Å². The van der Waals surface area contributed by atoms with Gasteiger partial charge in [0.25, 0.3) is 0 Å². The highest BCUT2D eigenvalue weighted by atomic mass is 15.2. The molecule has 2 N–H and O–H groups in total. The minimum atomic E-state index is 0.636. The first-order valence-electron chi connectivity index (χ1n) is 7.25. The lowest BCUT2D eigenvalue weighted by Gasteiger charge is -2.36. The molecule has 0 radical (unpaired) electrons. The number of rotatable bonds is 9. The van der Waals surface area contributed by atoms with Crippen LogP contribution in [0, 0.1) is 5.92 Å². The molecule has 0 spiro atoms. The van der Waals surface area contributed by atoms with Crippen LogP contribution in [0.1, 0.15) is 58.8 Å². The molecule has 16 heavy (non-hydrogen) atoms. The van der Waals surface area contributed by atoms with Crippen molar-refractivity contribution in [2.45, 2.75) is 64.8 Å². The zero-order valence-corrected chi connectivity index (χ0v) is 11.3. The molecule has 0 aromatic heterocycles. The molecule has 2 heteroatoms. The molecular weight excluding hydrogens is 196 g/mol. The monoisotopic (exact) mass is 226 g/mol. The van der Waals surface area contributed by atoms with Gasteiger partial charge < -0.3 is 5.73 Å². The Morgan fingerprint density at radius 3 is 2.44 bits per heavy atom. The number of hydrogen-bond acceptors (Lipinski definition) is 2. The van der Waals surface area contributed by atoms with Crippen LogP contribution in [-0.2, 0) is 0 Å². The maximum atomic E-state index is 5.92. The van der Waals surface area contributed by atoms with Gasteiger partial charge in [0, 0.05) is 19.1 Å². The zero-order valence-electron chi connectivity index (χ0n) is 11.3. The molecule has 1 fully saturated rings. The van der Waals surface area contributed by atoms with Crippen molar-refractivity contribution in [2.75, 3.05) is 19.6 Å². The molecule has 1 saturated carbocycles. The normalized spacial score (nSPS) is 18.8. The topological polar surface area (TPSA) is 29.3 Å². The molecule has 0 aromatic rings. The van der Waals surface area contributed by atoms with Crippen molar-refractivity contribution in [1.82, 2.24) is 4.90 Å². The molecule has 96 valence electrons. The van der Waals surface area contributed by atoms with E-state index in [4.69, 9.17) is 5.73 Å². The van der Waals surface area contributed by atoms with E-state index in [0.29, 0.717) is 6.04 Å². The number of likely N-dealkylation sites (N-methyl/N-ethyl adjacent to an activating group) is 1. The summed E-state index contributed by atoms with van der Waals surface area (Å²) in [7, 11) is 0. The summed E-state index contributed by atoms with van der Waals surface area (Å²) in [6.07, 6.45) is 9.66. The van der Waals surface area contributed by atoms with E-state index in [1.807, 2.05) is 0 Å². The second-order valence-electron chi connectivity index (χ2n) is 5.27. The molecule has 1 atom stereocenters. The Balaban J connectivity index is 2.27. The van der Waals surface area contributed by atoms with E-state index >= 15 is 0 Å². The lowest BCUT2D eigenvalue weighted by Crippen LogP contribution is -2.44. The summed E-state index contributed by atoms with van der Waals surface area (Å²) in [6, 6.07) is 0.636. The third-order valence-corrected chi connectivity index (χ3v) is 4.05. The van der Waals surface area contributed by atoms with Crippen molar-refractivity contribution in [1.29, 1.82) is 0 Å². The first-order valence-corrected chi connectivity index (χ1v) is 7.25. The van der Waals surface area contributed by atoms with Crippen LogP contribution < -0.4 is 5.73 Å². The molecule has 1 unspecified atom stereocenters. The molecule has 1 aliphatic rings. The number of nitrogens with zero attached hydrogens (tertiary/aromatic N) is 1. The van der Waals surface area contributed by atoms with Crippen LogP contribution in [-0.4, -0.2) is 30.6 Å². The van der Waals surface area contributed by atoms with Gasteiger partial charge in [-0.1, -0.05) is 39.5 Å². The highest BCUT2D eigenvalue weighted by molar-refractivity contribution is 4.78. The second kappa shape index (κ2) is 8.08. The molecule has 0 aromatic carbocycles. The van der Waals surface area contributed by atoms with E-state index in [-0.39, 0.29) is 0 Å². The van der Waals surface area contributed by atoms with Crippen LogP contribution in [0.15, 0.2) is 0 Å². The Hall–Kier alpha value is -0.0800. The Labute approximate surface area is 102 Å². The van der Waals surface area contributed by atoms with Crippen molar-refractivity contribution in [3.05, 3.63) is 0 Å². The number of hydrogen-bond donors (Lipinski definition) is 1. The van der Waals surface area contributed by atoms with Gasteiger partial charge in [-0.2, -0.15) is 0 Å². The van der Waals surface area contributed by atoms with Gasteiger partial charge in [0.2, 0.25) is 0 Å². The minimum absolute atomic E-state index is 0.636. The maximum absolute atomic E-state index is 5.92. The van der Waals surface area contributed by atoms with Crippen LogP contribution in [0.2, 0.25) is 0 Å². The third kappa shape index (κ3) is 4.42. The van der Waals surface area contributed by atoms with E-state index in [1.165, 1.54) is 58.0 Å². The molecule has 0 heterocycles. The van der Waals surface area contributed by atoms with E-state index in [9.17, 15) is 0 Å². The fourth-order valence-electron chi connectivity index (χ4n) is 2.62. The molecule has 0 saturated heterocycles. The molecule has 2 nitrogen and oxygen atoms in total. The van der Waals surface area contributed by atoms with Crippen molar-refractivity contribution in [2.24, 2.45) is 11.7 Å². The SMILES string of the molecule is CCCCCC(CN)N(CC)CC1CCC1. The van der Waals surface area contributed by atoms with E-state index in [1.54, 1.807) is 0 Å². The summed E-state index contributed by atoms with van der Waals surface area (Å²) in [4.78, 5) is 2.62. The Morgan fingerprint density at radius 2 is 2.00 bits per heavy atom. The zero-order chi connectivity index (χ0) is 11.8. The van der Waals surface area contributed by atoms with Gasteiger partial charge in [-0.25, -0.2) is 0 Å². The van der Waals surface area contributed by atoms with E-state index in [0.717, 1.165) is 12.5 Å².